The van der Waals surface area contributed by atoms with E-state index in [9.17, 15) is 9.50 Å². The number of aromatic nitrogens is 3. The first-order valence-electron chi connectivity index (χ1n) is 8.15. The van der Waals surface area contributed by atoms with Gasteiger partial charge in [0.2, 0.25) is 0 Å². The van der Waals surface area contributed by atoms with Crippen LogP contribution in [-0.2, 0) is 7.05 Å². The van der Waals surface area contributed by atoms with Crippen molar-refractivity contribution in [2.45, 2.75) is 19.1 Å². The Balaban J connectivity index is 1.64. The van der Waals surface area contributed by atoms with Crippen LogP contribution < -0.4 is 9.64 Å². The van der Waals surface area contributed by atoms with Gasteiger partial charge in [0, 0.05) is 30.4 Å². The van der Waals surface area contributed by atoms with Crippen molar-refractivity contribution in [1.29, 1.82) is 0 Å². The summed E-state index contributed by atoms with van der Waals surface area (Å²) >= 11 is 0. The van der Waals surface area contributed by atoms with Crippen LogP contribution >= 0.6 is 0 Å². The molecule has 3 aromatic rings. The van der Waals surface area contributed by atoms with Gasteiger partial charge in [0.25, 0.3) is 0 Å². The first-order valence-corrected chi connectivity index (χ1v) is 8.15. The van der Waals surface area contributed by atoms with Crippen molar-refractivity contribution >= 4 is 16.6 Å². The van der Waals surface area contributed by atoms with Gasteiger partial charge >= 0.3 is 0 Å². The molecule has 25 heavy (non-hydrogen) atoms. The Bertz CT molecular complexity index is 927. The highest BCUT2D eigenvalue weighted by Crippen LogP contribution is 2.31. The van der Waals surface area contributed by atoms with Crippen molar-refractivity contribution in [3.63, 3.8) is 0 Å². The van der Waals surface area contributed by atoms with Crippen molar-refractivity contribution in [1.82, 2.24) is 14.8 Å². The summed E-state index contributed by atoms with van der Waals surface area (Å²) in [7, 11) is 1.81. The lowest BCUT2D eigenvalue weighted by Gasteiger charge is -2.20. The van der Waals surface area contributed by atoms with Gasteiger partial charge in [-0.2, -0.15) is 5.10 Å². The zero-order valence-corrected chi connectivity index (χ0v) is 14.1. The Kier molecular flexibility index (Phi) is 3.80. The Morgan fingerprint density at radius 1 is 1.28 bits per heavy atom. The third kappa shape index (κ3) is 3.02. The van der Waals surface area contributed by atoms with Gasteiger partial charge in [0.1, 0.15) is 18.0 Å². The average Bonchev–Trinajstić information content (AvgIpc) is 3.13. The number of β-amino-alcohol motifs (C(OH)–C–C–N with tert-alkyl or cyclic N) is 1. The molecule has 130 valence electrons. The van der Waals surface area contributed by atoms with Crippen LogP contribution in [0, 0.1) is 12.7 Å². The molecule has 0 bridgehead atoms. The molecule has 0 radical (unpaired) electrons. The summed E-state index contributed by atoms with van der Waals surface area (Å²) < 4.78 is 21.2. The monoisotopic (exact) mass is 342 g/mol. The molecule has 4 rings (SSSR count). The van der Waals surface area contributed by atoms with Crippen LogP contribution in [0.4, 0.5) is 10.1 Å². The highest BCUT2D eigenvalue weighted by atomic mass is 19.1. The Morgan fingerprint density at radius 2 is 2.12 bits per heavy atom. The quantitative estimate of drug-likeness (QED) is 0.789. The van der Waals surface area contributed by atoms with Crippen LogP contribution in [0.2, 0.25) is 0 Å². The molecule has 3 heterocycles. The van der Waals surface area contributed by atoms with Gasteiger partial charge in [0.15, 0.2) is 5.75 Å². The van der Waals surface area contributed by atoms with Crippen molar-refractivity contribution in [2.75, 3.05) is 18.0 Å². The molecule has 1 aliphatic heterocycles. The highest BCUT2D eigenvalue weighted by Gasteiger charge is 2.34. The third-order valence-electron chi connectivity index (χ3n) is 4.42. The van der Waals surface area contributed by atoms with Crippen molar-refractivity contribution < 1.29 is 14.2 Å². The van der Waals surface area contributed by atoms with E-state index in [0.29, 0.717) is 18.8 Å². The molecule has 2 atom stereocenters. The predicted octanol–water partition coefficient (Wildman–Crippen LogP) is 2.04. The first kappa shape index (κ1) is 15.8. The summed E-state index contributed by atoms with van der Waals surface area (Å²) in [5, 5.41) is 15.2. The van der Waals surface area contributed by atoms with Gasteiger partial charge in [-0.3, -0.25) is 9.67 Å². The number of aryl methyl sites for hydroxylation is 2. The summed E-state index contributed by atoms with van der Waals surface area (Å²) in [6, 6.07) is 6.49. The number of nitrogens with zero attached hydrogens (tertiary/aromatic N) is 4. The Hall–Kier alpha value is -2.67. The number of fused-ring (bicyclic) bond motifs is 1. The van der Waals surface area contributed by atoms with E-state index in [2.05, 4.69) is 10.1 Å². The van der Waals surface area contributed by atoms with Crippen molar-refractivity contribution in [2.24, 2.45) is 7.05 Å². The largest absolute Gasteiger partial charge is 0.482 e. The molecule has 6 nitrogen and oxygen atoms in total. The molecular formula is C18H19FN4O2. The second-order valence-electron chi connectivity index (χ2n) is 6.42. The molecule has 7 heteroatoms. The average molecular weight is 342 g/mol. The number of benzene rings is 1. The van der Waals surface area contributed by atoms with Crippen molar-refractivity contribution in [3.8, 4) is 5.75 Å². The fourth-order valence-electron chi connectivity index (χ4n) is 3.27. The van der Waals surface area contributed by atoms with Crippen molar-refractivity contribution in [3.05, 3.63) is 48.2 Å². The van der Waals surface area contributed by atoms with E-state index in [-0.39, 0.29) is 11.9 Å². The molecule has 0 aliphatic carbocycles. The van der Waals surface area contributed by atoms with Gasteiger partial charge in [-0.1, -0.05) is 0 Å². The lowest BCUT2D eigenvalue weighted by molar-refractivity contribution is 0.0737. The van der Waals surface area contributed by atoms with Crippen LogP contribution in [-0.4, -0.2) is 45.2 Å². The summed E-state index contributed by atoms with van der Waals surface area (Å²) in [5.74, 6) is 0.317. The molecule has 1 N–H and O–H groups in total. The van der Waals surface area contributed by atoms with E-state index in [1.54, 1.807) is 23.1 Å². The third-order valence-corrected chi connectivity index (χ3v) is 4.42. The molecule has 0 saturated carbocycles. The number of anilines is 1. The standard InChI is InChI=1S/C18H19FN4O2/c1-11-5-16(14-6-12(19)3-4-15(14)21-11)23-9-17(24)18(10-23)25-13-7-20-22(2)8-13/h3-8,17-18,24H,9-10H2,1-2H3/t17-,18-/m1/s1. The number of pyridine rings is 1. The zero-order valence-electron chi connectivity index (χ0n) is 14.1. The minimum Gasteiger partial charge on any atom is -0.482 e. The topological polar surface area (TPSA) is 63.4 Å². The lowest BCUT2D eigenvalue weighted by atomic mass is 10.1. The molecule has 2 aromatic heterocycles. The SMILES string of the molecule is Cc1cc(N2C[C@@H](O)[C@H](Oc3cnn(C)c3)C2)c2cc(F)ccc2n1. The number of aliphatic hydroxyl groups excluding tert-OH is 1. The smallest absolute Gasteiger partial charge is 0.157 e. The lowest BCUT2D eigenvalue weighted by Crippen LogP contribution is -2.29. The second kappa shape index (κ2) is 6.00. The predicted molar refractivity (Wildman–Crippen MR) is 92.3 cm³/mol. The zero-order chi connectivity index (χ0) is 17.6. The second-order valence-corrected chi connectivity index (χ2v) is 6.42. The fourth-order valence-corrected chi connectivity index (χ4v) is 3.27. The van der Waals surface area contributed by atoms with E-state index in [1.807, 2.05) is 24.9 Å². The number of ether oxygens (including phenoxy) is 1. The van der Waals surface area contributed by atoms with Gasteiger partial charge in [-0.15, -0.1) is 0 Å². The van der Waals surface area contributed by atoms with Gasteiger partial charge in [-0.05, 0) is 31.2 Å². The van der Waals surface area contributed by atoms with Crippen LogP contribution in [0.5, 0.6) is 5.75 Å². The molecule has 1 aromatic carbocycles. The summed E-state index contributed by atoms with van der Waals surface area (Å²) in [4.78, 5) is 6.48. The van der Waals surface area contributed by atoms with Gasteiger partial charge in [0.05, 0.1) is 24.5 Å². The molecule has 0 amide bonds. The normalized spacial score (nSPS) is 20.4. The van der Waals surface area contributed by atoms with Crippen LogP contribution in [0.1, 0.15) is 5.69 Å². The maximum atomic E-state index is 13.7. The van der Waals surface area contributed by atoms with Crippen LogP contribution in [0.15, 0.2) is 36.7 Å². The summed E-state index contributed by atoms with van der Waals surface area (Å²) in [5.41, 5.74) is 2.45. The fraction of sp³-hybridized carbons (Fsp3) is 0.333. The van der Waals surface area contributed by atoms with Gasteiger partial charge < -0.3 is 14.7 Å². The Morgan fingerprint density at radius 3 is 2.88 bits per heavy atom. The highest BCUT2D eigenvalue weighted by molar-refractivity contribution is 5.92. The van der Waals surface area contributed by atoms with E-state index in [4.69, 9.17) is 4.74 Å². The minimum atomic E-state index is -0.641. The molecule has 0 unspecified atom stereocenters. The molecule has 1 aliphatic rings. The maximum Gasteiger partial charge on any atom is 0.157 e. The number of hydrogen-bond donors (Lipinski definition) is 1. The van der Waals surface area contributed by atoms with Crippen LogP contribution in [0.25, 0.3) is 10.9 Å². The molecule has 1 fully saturated rings. The number of halogens is 1. The summed E-state index contributed by atoms with van der Waals surface area (Å²) in [6.07, 6.45) is 2.37. The molecular weight excluding hydrogens is 323 g/mol. The molecule has 0 spiro atoms. The van der Waals surface area contributed by atoms with E-state index in [0.717, 1.165) is 22.3 Å². The summed E-state index contributed by atoms with van der Waals surface area (Å²) in [6.45, 7) is 2.83. The van der Waals surface area contributed by atoms with E-state index in [1.165, 1.54) is 12.1 Å². The maximum absolute atomic E-state index is 13.7. The van der Waals surface area contributed by atoms with E-state index < -0.39 is 6.10 Å². The first-order chi connectivity index (χ1) is 12.0. The number of aliphatic hydroxyl groups is 1. The number of hydrogen-bond acceptors (Lipinski definition) is 5. The molecule has 1 saturated heterocycles. The Labute approximate surface area is 144 Å². The minimum absolute atomic E-state index is 0.303. The number of rotatable bonds is 3. The van der Waals surface area contributed by atoms with E-state index >= 15 is 0 Å². The van der Waals surface area contributed by atoms with Crippen LogP contribution in [0.3, 0.4) is 0 Å². The van der Waals surface area contributed by atoms with Gasteiger partial charge in [-0.25, -0.2) is 4.39 Å².